The standard InChI is InChI=1S/C16H23NO2/c1-3-17(14-9-5-6-10-14)12-13-8-4-7-11-15(13)16(18)19-2/h4,7-8,11,14H,3,5-6,9-10,12H2,1-2H3. The van der Waals surface area contributed by atoms with E-state index >= 15 is 0 Å². The largest absolute Gasteiger partial charge is 0.465 e. The summed E-state index contributed by atoms with van der Waals surface area (Å²) in [5.74, 6) is -0.238. The molecule has 104 valence electrons. The molecule has 19 heavy (non-hydrogen) atoms. The quantitative estimate of drug-likeness (QED) is 0.762. The van der Waals surface area contributed by atoms with E-state index in [-0.39, 0.29) is 5.97 Å². The molecule has 0 radical (unpaired) electrons. The third-order valence-corrected chi connectivity index (χ3v) is 4.04. The second kappa shape index (κ2) is 6.71. The molecule has 3 nitrogen and oxygen atoms in total. The fourth-order valence-electron chi connectivity index (χ4n) is 2.95. The lowest BCUT2D eigenvalue weighted by atomic mass is 10.1. The summed E-state index contributed by atoms with van der Waals surface area (Å²) in [6, 6.07) is 8.44. The fraction of sp³-hybridized carbons (Fsp3) is 0.562. The van der Waals surface area contributed by atoms with Crippen LogP contribution in [0.4, 0.5) is 0 Å². The molecule has 1 fully saturated rings. The van der Waals surface area contributed by atoms with E-state index in [9.17, 15) is 4.79 Å². The normalized spacial score (nSPS) is 15.9. The minimum Gasteiger partial charge on any atom is -0.465 e. The van der Waals surface area contributed by atoms with Crippen LogP contribution in [0.25, 0.3) is 0 Å². The smallest absolute Gasteiger partial charge is 0.338 e. The highest BCUT2D eigenvalue weighted by atomic mass is 16.5. The molecule has 0 saturated heterocycles. The van der Waals surface area contributed by atoms with Gasteiger partial charge in [0.25, 0.3) is 0 Å². The Labute approximate surface area is 115 Å². The summed E-state index contributed by atoms with van der Waals surface area (Å²) < 4.78 is 4.86. The number of methoxy groups -OCH3 is 1. The molecular weight excluding hydrogens is 238 g/mol. The zero-order valence-electron chi connectivity index (χ0n) is 11.9. The van der Waals surface area contributed by atoms with Gasteiger partial charge in [-0.2, -0.15) is 0 Å². The van der Waals surface area contributed by atoms with Crippen LogP contribution in [0.2, 0.25) is 0 Å². The van der Waals surface area contributed by atoms with Gasteiger partial charge in [0.05, 0.1) is 12.7 Å². The highest BCUT2D eigenvalue weighted by Crippen LogP contribution is 2.25. The molecule has 0 heterocycles. The molecule has 0 aromatic heterocycles. The number of carbonyl (C=O) groups excluding carboxylic acids is 1. The molecule has 1 saturated carbocycles. The molecule has 0 unspecified atom stereocenters. The van der Waals surface area contributed by atoms with Crippen molar-refractivity contribution in [2.24, 2.45) is 0 Å². The number of benzene rings is 1. The second-order valence-electron chi connectivity index (χ2n) is 5.15. The van der Waals surface area contributed by atoms with Crippen LogP contribution in [-0.4, -0.2) is 30.6 Å². The molecule has 0 spiro atoms. The molecule has 0 bridgehead atoms. The molecule has 2 rings (SSSR count). The molecule has 1 aromatic carbocycles. The predicted octanol–water partition coefficient (Wildman–Crippen LogP) is 3.24. The highest BCUT2D eigenvalue weighted by molar-refractivity contribution is 5.90. The number of rotatable bonds is 5. The number of hydrogen-bond donors (Lipinski definition) is 0. The average Bonchev–Trinajstić information content (AvgIpc) is 2.98. The van der Waals surface area contributed by atoms with Gasteiger partial charge in [0.15, 0.2) is 0 Å². The third kappa shape index (κ3) is 3.35. The van der Waals surface area contributed by atoms with Crippen LogP contribution in [0.5, 0.6) is 0 Å². The van der Waals surface area contributed by atoms with Gasteiger partial charge in [-0.05, 0) is 31.0 Å². The summed E-state index contributed by atoms with van der Waals surface area (Å²) in [4.78, 5) is 14.3. The Kier molecular flexibility index (Phi) is 4.97. The fourth-order valence-corrected chi connectivity index (χ4v) is 2.95. The maximum atomic E-state index is 11.8. The molecule has 0 amide bonds. The minimum atomic E-state index is -0.238. The van der Waals surface area contributed by atoms with Crippen molar-refractivity contribution in [1.82, 2.24) is 4.90 Å². The molecular formula is C16H23NO2. The Morgan fingerprint density at radius 2 is 2.00 bits per heavy atom. The van der Waals surface area contributed by atoms with E-state index in [4.69, 9.17) is 4.74 Å². The van der Waals surface area contributed by atoms with E-state index in [0.717, 1.165) is 18.7 Å². The monoisotopic (exact) mass is 261 g/mol. The lowest BCUT2D eigenvalue weighted by Crippen LogP contribution is -2.33. The Morgan fingerprint density at radius 1 is 1.32 bits per heavy atom. The van der Waals surface area contributed by atoms with Gasteiger partial charge in [0, 0.05) is 12.6 Å². The first-order chi connectivity index (χ1) is 9.26. The van der Waals surface area contributed by atoms with Crippen LogP contribution in [0.15, 0.2) is 24.3 Å². The Hall–Kier alpha value is -1.35. The maximum Gasteiger partial charge on any atom is 0.338 e. The summed E-state index contributed by atoms with van der Waals surface area (Å²) in [6.45, 7) is 4.06. The van der Waals surface area contributed by atoms with E-state index in [2.05, 4.69) is 11.8 Å². The highest BCUT2D eigenvalue weighted by Gasteiger charge is 2.22. The molecule has 1 aliphatic carbocycles. The van der Waals surface area contributed by atoms with Gasteiger partial charge in [-0.1, -0.05) is 38.0 Å². The van der Waals surface area contributed by atoms with Crippen molar-refractivity contribution < 1.29 is 9.53 Å². The van der Waals surface area contributed by atoms with Crippen molar-refractivity contribution in [1.29, 1.82) is 0 Å². The van der Waals surface area contributed by atoms with Gasteiger partial charge in [-0.15, -0.1) is 0 Å². The number of hydrogen-bond acceptors (Lipinski definition) is 3. The van der Waals surface area contributed by atoms with Crippen LogP contribution in [-0.2, 0) is 11.3 Å². The van der Waals surface area contributed by atoms with Crippen molar-refractivity contribution >= 4 is 5.97 Å². The molecule has 0 atom stereocenters. The summed E-state index contributed by atoms with van der Waals surface area (Å²) in [5.41, 5.74) is 1.77. The third-order valence-electron chi connectivity index (χ3n) is 4.04. The van der Waals surface area contributed by atoms with Crippen LogP contribution in [0.3, 0.4) is 0 Å². The summed E-state index contributed by atoms with van der Waals surface area (Å²) in [5, 5.41) is 0. The molecule has 1 aliphatic rings. The average molecular weight is 261 g/mol. The lowest BCUT2D eigenvalue weighted by Gasteiger charge is -2.28. The van der Waals surface area contributed by atoms with Gasteiger partial charge in [0.2, 0.25) is 0 Å². The van der Waals surface area contributed by atoms with Crippen molar-refractivity contribution in [2.75, 3.05) is 13.7 Å². The van der Waals surface area contributed by atoms with E-state index < -0.39 is 0 Å². The van der Waals surface area contributed by atoms with Crippen molar-refractivity contribution in [2.45, 2.75) is 45.2 Å². The van der Waals surface area contributed by atoms with Gasteiger partial charge in [-0.3, -0.25) is 4.90 Å². The van der Waals surface area contributed by atoms with E-state index in [1.54, 1.807) is 0 Å². The van der Waals surface area contributed by atoms with Gasteiger partial charge >= 0.3 is 5.97 Å². The Morgan fingerprint density at radius 3 is 2.63 bits per heavy atom. The Bertz CT molecular complexity index is 425. The van der Waals surface area contributed by atoms with Crippen LogP contribution in [0, 0.1) is 0 Å². The zero-order chi connectivity index (χ0) is 13.7. The van der Waals surface area contributed by atoms with Crippen molar-refractivity contribution in [3.63, 3.8) is 0 Å². The topological polar surface area (TPSA) is 29.5 Å². The molecule has 1 aromatic rings. The first kappa shape index (κ1) is 14.1. The molecule has 0 aliphatic heterocycles. The number of ether oxygens (including phenoxy) is 1. The zero-order valence-corrected chi connectivity index (χ0v) is 11.9. The molecule has 3 heteroatoms. The first-order valence-electron chi connectivity index (χ1n) is 7.16. The molecule has 0 N–H and O–H groups in total. The van der Waals surface area contributed by atoms with Gasteiger partial charge < -0.3 is 4.74 Å². The van der Waals surface area contributed by atoms with Crippen molar-refractivity contribution in [3.05, 3.63) is 35.4 Å². The van der Waals surface area contributed by atoms with Gasteiger partial charge in [0.1, 0.15) is 0 Å². The summed E-state index contributed by atoms with van der Waals surface area (Å²) >= 11 is 0. The van der Waals surface area contributed by atoms with Crippen LogP contribution in [0.1, 0.15) is 48.5 Å². The predicted molar refractivity (Wildman–Crippen MR) is 76.1 cm³/mol. The first-order valence-corrected chi connectivity index (χ1v) is 7.16. The lowest BCUT2D eigenvalue weighted by molar-refractivity contribution is 0.0597. The van der Waals surface area contributed by atoms with Crippen molar-refractivity contribution in [3.8, 4) is 0 Å². The van der Waals surface area contributed by atoms with E-state index in [1.807, 2.05) is 24.3 Å². The number of carbonyl (C=O) groups is 1. The minimum absolute atomic E-state index is 0.238. The second-order valence-corrected chi connectivity index (χ2v) is 5.15. The maximum absolute atomic E-state index is 11.8. The SMILES string of the molecule is CCN(Cc1ccccc1C(=O)OC)C1CCCC1. The van der Waals surface area contributed by atoms with E-state index in [1.165, 1.54) is 32.8 Å². The Balaban J connectivity index is 2.14. The van der Waals surface area contributed by atoms with Crippen LogP contribution < -0.4 is 0 Å². The summed E-state index contributed by atoms with van der Waals surface area (Å²) in [7, 11) is 1.44. The number of nitrogens with zero attached hydrogens (tertiary/aromatic N) is 1. The van der Waals surface area contributed by atoms with E-state index in [0.29, 0.717) is 11.6 Å². The summed E-state index contributed by atoms with van der Waals surface area (Å²) in [6.07, 6.45) is 5.24. The van der Waals surface area contributed by atoms with Gasteiger partial charge in [-0.25, -0.2) is 4.79 Å². The number of esters is 1. The van der Waals surface area contributed by atoms with Crippen LogP contribution >= 0.6 is 0 Å².